The van der Waals surface area contributed by atoms with E-state index < -0.39 is 11.8 Å². The Morgan fingerprint density at radius 1 is 0.500 bits per heavy atom. The summed E-state index contributed by atoms with van der Waals surface area (Å²) in [5.41, 5.74) is 5.70. The maximum atomic E-state index is 13.9. The van der Waals surface area contributed by atoms with E-state index in [1.54, 1.807) is 48.5 Å². The highest BCUT2D eigenvalue weighted by Gasteiger charge is 2.55. The molecule has 4 aromatic carbocycles. The molecule has 4 nitrogen and oxygen atoms in total. The van der Waals surface area contributed by atoms with E-state index in [0.717, 1.165) is 22.3 Å². The van der Waals surface area contributed by atoms with E-state index in [9.17, 15) is 9.59 Å². The zero-order valence-corrected chi connectivity index (χ0v) is 20.6. The summed E-state index contributed by atoms with van der Waals surface area (Å²) in [4.78, 5) is 27.9. The summed E-state index contributed by atoms with van der Waals surface area (Å²) >= 11 is 12.1. The number of halogens is 2. The van der Waals surface area contributed by atoms with Crippen LogP contribution in [-0.4, -0.2) is 11.8 Å². The number of hydrogen-bond acceptors (Lipinski definition) is 2. The Bertz CT molecular complexity index is 1310. The predicted molar refractivity (Wildman–Crippen MR) is 144 cm³/mol. The van der Waals surface area contributed by atoms with Gasteiger partial charge in [-0.15, -0.1) is 0 Å². The topological polar surface area (TPSA) is 58.2 Å². The highest BCUT2D eigenvalue weighted by Crippen LogP contribution is 2.58. The van der Waals surface area contributed by atoms with Crippen molar-refractivity contribution < 1.29 is 9.59 Å². The first kappa shape index (κ1) is 22.8. The van der Waals surface area contributed by atoms with Crippen LogP contribution < -0.4 is 10.6 Å². The van der Waals surface area contributed by atoms with Gasteiger partial charge in [0.1, 0.15) is 0 Å². The molecule has 2 atom stereocenters. The van der Waals surface area contributed by atoms with E-state index in [4.69, 9.17) is 23.2 Å². The molecule has 2 amide bonds. The summed E-state index contributed by atoms with van der Waals surface area (Å²) in [6, 6.07) is 30.3. The second kappa shape index (κ2) is 9.12. The first-order chi connectivity index (χ1) is 17.5. The Morgan fingerprint density at radius 2 is 0.806 bits per heavy atom. The molecule has 2 N–H and O–H groups in total. The lowest BCUT2D eigenvalue weighted by molar-refractivity contribution is -0.131. The van der Waals surface area contributed by atoms with Crippen LogP contribution in [0.25, 0.3) is 0 Å². The molecular formula is C30H22Cl2N2O2. The van der Waals surface area contributed by atoms with Crippen molar-refractivity contribution in [2.24, 2.45) is 11.8 Å². The molecule has 6 heteroatoms. The minimum Gasteiger partial charge on any atom is -0.326 e. The third-order valence-corrected chi connectivity index (χ3v) is 7.77. The van der Waals surface area contributed by atoms with Gasteiger partial charge in [0.2, 0.25) is 11.8 Å². The van der Waals surface area contributed by atoms with Crippen molar-refractivity contribution in [3.63, 3.8) is 0 Å². The van der Waals surface area contributed by atoms with E-state index in [-0.39, 0.29) is 23.7 Å². The molecule has 0 saturated carbocycles. The van der Waals surface area contributed by atoms with Crippen LogP contribution in [0.2, 0.25) is 10.0 Å². The average Bonchev–Trinajstić information content (AvgIpc) is 2.90. The Morgan fingerprint density at radius 3 is 1.11 bits per heavy atom. The van der Waals surface area contributed by atoms with Crippen LogP contribution in [0.15, 0.2) is 97.1 Å². The van der Waals surface area contributed by atoms with Gasteiger partial charge in [-0.3, -0.25) is 9.59 Å². The van der Waals surface area contributed by atoms with Crippen LogP contribution in [-0.2, 0) is 9.59 Å². The largest absolute Gasteiger partial charge is 0.326 e. The number of fused-ring (bicyclic) bond motifs is 1. The molecule has 7 rings (SSSR count). The first-order valence-corrected chi connectivity index (χ1v) is 12.6. The fourth-order valence-corrected chi connectivity index (χ4v) is 6.08. The van der Waals surface area contributed by atoms with Crippen molar-refractivity contribution in [1.29, 1.82) is 0 Å². The predicted octanol–water partition coefficient (Wildman–Crippen LogP) is 7.09. The van der Waals surface area contributed by atoms with Crippen molar-refractivity contribution in [2.75, 3.05) is 10.6 Å². The summed E-state index contributed by atoms with van der Waals surface area (Å²) in [7, 11) is 0. The number of anilines is 2. The zero-order valence-electron chi connectivity index (χ0n) is 19.1. The summed E-state index contributed by atoms with van der Waals surface area (Å²) in [5, 5.41) is 7.27. The third kappa shape index (κ3) is 3.87. The lowest BCUT2D eigenvalue weighted by atomic mass is 9.53. The molecule has 0 aromatic heterocycles. The van der Waals surface area contributed by atoms with E-state index in [2.05, 4.69) is 34.9 Å². The molecule has 36 heavy (non-hydrogen) atoms. The summed E-state index contributed by atoms with van der Waals surface area (Å²) in [5.74, 6) is -2.04. The second-order valence-corrected chi connectivity index (χ2v) is 10.1. The van der Waals surface area contributed by atoms with Gasteiger partial charge in [-0.2, -0.15) is 0 Å². The highest BCUT2D eigenvalue weighted by atomic mass is 35.5. The maximum Gasteiger partial charge on any atom is 0.229 e. The number of rotatable bonds is 4. The second-order valence-electron chi connectivity index (χ2n) is 9.26. The van der Waals surface area contributed by atoms with Crippen molar-refractivity contribution in [3.05, 3.63) is 129 Å². The fraction of sp³-hybridized carbons (Fsp3) is 0.133. The molecule has 0 unspecified atom stereocenters. The molecular weight excluding hydrogens is 491 g/mol. The Hall–Kier alpha value is -3.60. The van der Waals surface area contributed by atoms with Crippen molar-refractivity contribution in [3.8, 4) is 0 Å². The number of benzene rings is 4. The summed E-state index contributed by atoms with van der Waals surface area (Å²) in [6.07, 6.45) is 0. The SMILES string of the molecule is O=C(Nc1ccc(Cl)cc1)[C@@H]1C2c3ccccc3C(c3ccccc32)[C@H]1C(=O)Nc1ccc(Cl)cc1. The minimum atomic E-state index is -0.595. The van der Waals surface area contributed by atoms with Gasteiger partial charge in [0, 0.05) is 33.3 Å². The van der Waals surface area contributed by atoms with Gasteiger partial charge < -0.3 is 10.6 Å². The van der Waals surface area contributed by atoms with Gasteiger partial charge in [-0.1, -0.05) is 71.7 Å². The molecule has 0 fully saturated rings. The van der Waals surface area contributed by atoms with Crippen LogP contribution in [0.4, 0.5) is 11.4 Å². The van der Waals surface area contributed by atoms with Crippen LogP contribution in [0.1, 0.15) is 34.1 Å². The van der Waals surface area contributed by atoms with E-state index in [0.29, 0.717) is 21.4 Å². The van der Waals surface area contributed by atoms with Gasteiger partial charge in [0.15, 0.2) is 0 Å². The maximum absolute atomic E-state index is 13.9. The van der Waals surface area contributed by atoms with Gasteiger partial charge in [0.25, 0.3) is 0 Å². The molecule has 3 aliphatic carbocycles. The Balaban J connectivity index is 1.46. The van der Waals surface area contributed by atoms with Crippen LogP contribution in [0, 0.1) is 11.8 Å². The molecule has 0 radical (unpaired) electrons. The highest BCUT2D eigenvalue weighted by molar-refractivity contribution is 6.31. The lowest BCUT2D eigenvalue weighted by Gasteiger charge is -2.49. The van der Waals surface area contributed by atoms with Gasteiger partial charge >= 0.3 is 0 Å². The molecule has 3 aliphatic rings. The molecule has 0 aliphatic heterocycles. The molecule has 2 bridgehead atoms. The van der Waals surface area contributed by atoms with Gasteiger partial charge in [0.05, 0.1) is 11.8 Å². The molecule has 0 heterocycles. The average molecular weight is 513 g/mol. The number of carbonyl (C=O) groups is 2. The van der Waals surface area contributed by atoms with Gasteiger partial charge in [-0.05, 0) is 70.8 Å². The van der Waals surface area contributed by atoms with E-state index >= 15 is 0 Å². The Kier molecular flexibility index (Phi) is 5.79. The number of carbonyl (C=O) groups excluding carboxylic acids is 2. The zero-order chi connectivity index (χ0) is 24.8. The molecule has 0 saturated heterocycles. The van der Waals surface area contributed by atoms with Crippen molar-refractivity contribution in [1.82, 2.24) is 0 Å². The van der Waals surface area contributed by atoms with Crippen molar-refractivity contribution >= 4 is 46.4 Å². The number of amides is 2. The molecule has 4 aromatic rings. The monoisotopic (exact) mass is 512 g/mol. The van der Waals surface area contributed by atoms with Gasteiger partial charge in [-0.25, -0.2) is 0 Å². The van der Waals surface area contributed by atoms with Crippen molar-refractivity contribution in [2.45, 2.75) is 11.8 Å². The lowest BCUT2D eigenvalue weighted by Crippen LogP contribution is -2.50. The summed E-state index contributed by atoms with van der Waals surface area (Å²) < 4.78 is 0. The Labute approximate surface area is 219 Å². The molecule has 0 spiro atoms. The molecule has 178 valence electrons. The third-order valence-electron chi connectivity index (χ3n) is 7.27. The quantitative estimate of drug-likeness (QED) is 0.306. The van der Waals surface area contributed by atoms with Crippen LogP contribution in [0.5, 0.6) is 0 Å². The van der Waals surface area contributed by atoms with Crippen LogP contribution >= 0.6 is 23.2 Å². The summed E-state index contributed by atoms with van der Waals surface area (Å²) in [6.45, 7) is 0. The minimum absolute atomic E-state index is 0.187. The fourth-order valence-electron chi connectivity index (χ4n) is 5.82. The van der Waals surface area contributed by atoms with E-state index in [1.807, 2.05) is 24.3 Å². The number of hydrogen-bond donors (Lipinski definition) is 2. The van der Waals surface area contributed by atoms with Crippen LogP contribution in [0.3, 0.4) is 0 Å². The standard InChI is InChI=1S/C30H22Cl2N2O2/c31-17-9-13-19(14-10-17)33-29(35)27-25-21-5-1-2-6-22(21)26(24-8-4-3-7-23(24)25)28(27)30(36)34-20-15-11-18(32)12-16-20/h1-16,25-28H,(H,33,35)(H,34,36)/t25?,26?,27-,28-/m1/s1. The smallest absolute Gasteiger partial charge is 0.229 e. The first-order valence-electron chi connectivity index (χ1n) is 11.8. The van der Waals surface area contributed by atoms with E-state index in [1.165, 1.54) is 0 Å². The number of nitrogens with one attached hydrogen (secondary N) is 2. The normalized spacial score (nSPS) is 21.3.